The Kier molecular flexibility index (Phi) is 4.78. The first-order valence-electron chi connectivity index (χ1n) is 6.27. The zero-order valence-electron chi connectivity index (χ0n) is 10.4. The van der Waals surface area contributed by atoms with E-state index in [-0.39, 0.29) is 5.41 Å². The van der Waals surface area contributed by atoms with Gasteiger partial charge >= 0.3 is 0 Å². The van der Waals surface area contributed by atoms with Crippen LogP contribution in [0.4, 0.5) is 0 Å². The maximum Gasteiger partial charge on any atom is 0.139 e. The van der Waals surface area contributed by atoms with Gasteiger partial charge in [0.15, 0.2) is 0 Å². The van der Waals surface area contributed by atoms with E-state index in [2.05, 4.69) is 5.32 Å². The average molecular weight is 211 g/mol. The minimum atomic E-state index is -0.177. The smallest absolute Gasteiger partial charge is 0.139 e. The fourth-order valence-electron chi connectivity index (χ4n) is 1.98. The highest BCUT2D eigenvalue weighted by Crippen LogP contribution is 2.20. The van der Waals surface area contributed by atoms with Gasteiger partial charge in [0.2, 0.25) is 0 Å². The Morgan fingerprint density at radius 1 is 1.20 bits per heavy atom. The Balaban J connectivity index is 2.38. The lowest BCUT2D eigenvalue weighted by molar-refractivity contribution is -0.126. The SMILES string of the molecule is CC(C)(C)C(=O)CC1CCCCCCN1. The average Bonchev–Trinajstić information content (AvgIpc) is 2.07. The van der Waals surface area contributed by atoms with Gasteiger partial charge < -0.3 is 5.32 Å². The second-order valence-electron chi connectivity index (χ2n) is 5.73. The predicted molar refractivity (Wildman–Crippen MR) is 64.0 cm³/mol. The van der Waals surface area contributed by atoms with Gasteiger partial charge in [-0.25, -0.2) is 0 Å². The summed E-state index contributed by atoms with van der Waals surface area (Å²) in [6.07, 6.45) is 7.09. The van der Waals surface area contributed by atoms with Gasteiger partial charge in [0.1, 0.15) is 5.78 Å². The van der Waals surface area contributed by atoms with Crippen molar-refractivity contribution in [1.82, 2.24) is 5.32 Å². The fraction of sp³-hybridized carbons (Fsp3) is 0.923. The molecule has 2 nitrogen and oxygen atoms in total. The maximum absolute atomic E-state index is 11.9. The molecule has 2 heteroatoms. The molecule has 0 radical (unpaired) electrons. The molecular weight excluding hydrogens is 186 g/mol. The zero-order valence-corrected chi connectivity index (χ0v) is 10.4. The van der Waals surface area contributed by atoms with Crippen LogP contribution in [0.15, 0.2) is 0 Å². The van der Waals surface area contributed by atoms with Gasteiger partial charge in [-0.3, -0.25) is 4.79 Å². The predicted octanol–water partition coefficient (Wildman–Crippen LogP) is 2.91. The van der Waals surface area contributed by atoms with Crippen LogP contribution in [0.5, 0.6) is 0 Å². The molecule has 1 heterocycles. The first-order chi connectivity index (χ1) is 7.00. The van der Waals surface area contributed by atoms with E-state index in [0.29, 0.717) is 18.2 Å². The number of hydrogen-bond acceptors (Lipinski definition) is 2. The van der Waals surface area contributed by atoms with Gasteiger partial charge in [-0.1, -0.05) is 40.0 Å². The summed E-state index contributed by atoms with van der Waals surface area (Å²) in [5.41, 5.74) is -0.177. The van der Waals surface area contributed by atoms with Gasteiger partial charge in [-0.05, 0) is 19.4 Å². The molecule has 1 aliphatic rings. The summed E-state index contributed by atoms with van der Waals surface area (Å²) >= 11 is 0. The molecule has 0 aromatic heterocycles. The molecule has 1 N–H and O–H groups in total. The monoisotopic (exact) mass is 211 g/mol. The number of hydrogen-bond donors (Lipinski definition) is 1. The lowest BCUT2D eigenvalue weighted by Gasteiger charge is -2.24. The highest BCUT2D eigenvalue weighted by Gasteiger charge is 2.24. The Hall–Kier alpha value is -0.370. The second-order valence-corrected chi connectivity index (χ2v) is 5.73. The van der Waals surface area contributed by atoms with E-state index < -0.39 is 0 Å². The van der Waals surface area contributed by atoms with Crippen molar-refractivity contribution in [2.45, 2.75) is 65.3 Å². The van der Waals surface area contributed by atoms with E-state index in [0.717, 1.165) is 6.54 Å². The van der Waals surface area contributed by atoms with Crippen LogP contribution in [0.3, 0.4) is 0 Å². The van der Waals surface area contributed by atoms with Crippen molar-refractivity contribution in [1.29, 1.82) is 0 Å². The fourth-order valence-corrected chi connectivity index (χ4v) is 1.98. The van der Waals surface area contributed by atoms with E-state index >= 15 is 0 Å². The molecule has 1 unspecified atom stereocenters. The molecule has 88 valence electrons. The van der Waals surface area contributed by atoms with Crippen LogP contribution in [0.1, 0.15) is 59.3 Å². The first kappa shape index (κ1) is 12.7. The molecule has 1 saturated heterocycles. The van der Waals surface area contributed by atoms with Gasteiger partial charge in [0.05, 0.1) is 0 Å². The quantitative estimate of drug-likeness (QED) is 0.761. The zero-order chi connectivity index (χ0) is 11.3. The van der Waals surface area contributed by atoms with Crippen molar-refractivity contribution < 1.29 is 4.79 Å². The molecule has 1 aliphatic heterocycles. The number of Topliss-reactive ketones (excluding diaryl/α,β-unsaturated/α-hetero) is 1. The number of rotatable bonds is 2. The number of carbonyl (C=O) groups excluding carboxylic acids is 1. The molecule has 0 aromatic rings. The Bertz CT molecular complexity index is 197. The molecule has 0 amide bonds. The molecule has 1 fully saturated rings. The first-order valence-corrected chi connectivity index (χ1v) is 6.27. The number of ketones is 1. The maximum atomic E-state index is 11.9. The molecule has 0 aliphatic carbocycles. The van der Waals surface area contributed by atoms with Crippen molar-refractivity contribution in [2.75, 3.05) is 6.54 Å². The van der Waals surface area contributed by atoms with Crippen LogP contribution < -0.4 is 5.32 Å². The second kappa shape index (κ2) is 5.64. The summed E-state index contributed by atoms with van der Waals surface area (Å²) in [5, 5.41) is 3.50. The van der Waals surface area contributed by atoms with Crippen molar-refractivity contribution in [3.05, 3.63) is 0 Å². The summed E-state index contributed by atoms with van der Waals surface area (Å²) in [5.74, 6) is 0.389. The van der Waals surface area contributed by atoms with E-state index in [1.54, 1.807) is 0 Å². The van der Waals surface area contributed by atoms with Crippen LogP contribution in [0, 0.1) is 5.41 Å². The largest absolute Gasteiger partial charge is 0.314 e. The molecule has 1 rings (SSSR count). The van der Waals surface area contributed by atoms with Gasteiger partial charge in [0, 0.05) is 17.9 Å². The van der Waals surface area contributed by atoms with Crippen molar-refractivity contribution in [3.8, 4) is 0 Å². The standard InChI is InChI=1S/C13H25NO/c1-13(2,3)12(15)10-11-8-6-4-5-7-9-14-11/h11,14H,4-10H2,1-3H3. The minimum absolute atomic E-state index is 0.177. The number of carbonyl (C=O) groups is 1. The Morgan fingerprint density at radius 3 is 2.53 bits per heavy atom. The molecule has 0 bridgehead atoms. The van der Waals surface area contributed by atoms with Crippen molar-refractivity contribution >= 4 is 5.78 Å². The summed E-state index contributed by atoms with van der Waals surface area (Å²) < 4.78 is 0. The van der Waals surface area contributed by atoms with E-state index in [9.17, 15) is 4.79 Å². The topological polar surface area (TPSA) is 29.1 Å². The molecular formula is C13H25NO. The third-order valence-corrected chi connectivity index (χ3v) is 3.18. The van der Waals surface area contributed by atoms with Crippen LogP contribution >= 0.6 is 0 Å². The molecule has 0 spiro atoms. The van der Waals surface area contributed by atoms with E-state index in [1.807, 2.05) is 20.8 Å². The summed E-state index contributed by atoms with van der Waals surface area (Å²) in [6.45, 7) is 7.12. The van der Waals surface area contributed by atoms with Crippen molar-refractivity contribution in [3.63, 3.8) is 0 Å². The van der Waals surface area contributed by atoms with Crippen LogP contribution in [-0.4, -0.2) is 18.4 Å². The Morgan fingerprint density at radius 2 is 1.87 bits per heavy atom. The Labute approximate surface area is 93.8 Å². The third kappa shape index (κ3) is 4.78. The van der Waals surface area contributed by atoms with Gasteiger partial charge in [-0.2, -0.15) is 0 Å². The summed E-state index contributed by atoms with van der Waals surface area (Å²) in [7, 11) is 0. The lowest BCUT2D eigenvalue weighted by atomic mass is 9.86. The third-order valence-electron chi connectivity index (χ3n) is 3.18. The summed E-state index contributed by atoms with van der Waals surface area (Å²) in [4.78, 5) is 11.9. The molecule has 0 saturated carbocycles. The highest BCUT2D eigenvalue weighted by atomic mass is 16.1. The molecule has 1 atom stereocenters. The van der Waals surface area contributed by atoms with Gasteiger partial charge in [0.25, 0.3) is 0 Å². The van der Waals surface area contributed by atoms with Crippen LogP contribution in [-0.2, 0) is 4.79 Å². The van der Waals surface area contributed by atoms with E-state index in [1.165, 1.54) is 32.1 Å². The normalized spacial score (nSPS) is 24.3. The number of nitrogens with one attached hydrogen (secondary N) is 1. The lowest BCUT2D eigenvalue weighted by Crippen LogP contribution is -2.36. The van der Waals surface area contributed by atoms with Crippen LogP contribution in [0.2, 0.25) is 0 Å². The van der Waals surface area contributed by atoms with Crippen LogP contribution in [0.25, 0.3) is 0 Å². The summed E-state index contributed by atoms with van der Waals surface area (Å²) in [6, 6.07) is 0.428. The van der Waals surface area contributed by atoms with Gasteiger partial charge in [-0.15, -0.1) is 0 Å². The minimum Gasteiger partial charge on any atom is -0.314 e. The van der Waals surface area contributed by atoms with E-state index in [4.69, 9.17) is 0 Å². The highest BCUT2D eigenvalue weighted by molar-refractivity contribution is 5.84. The van der Waals surface area contributed by atoms with Crippen molar-refractivity contribution in [2.24, 2.45) is 5.41 Å². The molecule has 0 aromatic carbocycles. The molecule has 15 heavy (non-hydrogen) atoms.